The maximum absolute atomic E-state index is 11.9. The Hall–Kier alpha value is -0.830. The molecule has 3 heteroatoms. The molecule has 0 unspecified atom stereocenters. The summed E-state index contributed by atoms with van der Waals surface area (Å²) >= 11 is 0. The Morgan fingerprint density at radius 3 is 2.00 bits per heavy atom. The van der Waals surface area contributed by atoms with E-state index in [-0.39, 0.29) is 11.3 Å². The molecule has 0 bridgehead atoms. The van der Waals surface area contributed by atoms with E-state index >= 15 is 0 Å². The molecule has 0 aliphatic carbocycles. The van der Waals surface area contributed by atoms with Crippen LogP contribution in [0.1, 0.15) is 20.8 Å². The van der Waals surface area contributed by atoms with Crippen molar-refractivity contribution < 1.29 is 4.79 Å². The molecule has 0 N–H and O–H groups in total. The SMILES string of the molecule is C=C(CN(C)C)C(=O)N(C)CC(C)(C)C. The van der Waals surface area contributed by atoms with E-state index in [1.54, 1.807) is 4.90 Å². The summed E-state index contributed by atoms with van der Waals surface area (Å²) in [5.41, 5.74) is 0.773. The van der Waals surface area contributed by atoms with Crippen LogP contribution in [0.2, 0.25) is 0 Å². The van der Waals surface area contributed by atoms with E-state index in [0.717, 1.165) is 6.54 Å². The van der Waals surface area contributed by atoms with Crippen molar-refractivity contribution in [3.05, 3.63) is 12.2 Å². The second-order valence-electron chi connectivity index (χ2n) is 5.56. The Bertz CT molecular complexity index is 238. The molecule has 0 fully saturated rings. The number of carbonyl (C=O) groups excluding carboxylic acids is 1. The highest BCUT2D eigenvalue weighted by molar-refractivity contribution is 5.93. The number of hydrogen-bond acceptors (Lipinski definition) is 2. The number of carbonyl (C=O) groups is 1. The fraction of sp³-hybridized carbons (Fsp3) is 0.750. The monoisotopic (exact) mass is 212 g/mol. The van der Waals surface area contributed by atoms with Crippen LogP contribution in [-0.2, 0) is 4.79 Å². The molecule has 0 heterocycles. The number of likely N-dealkylation sites (N-methyl/N-ethyl adjacent to an activating group) is 2. The lowest BCUT2D eigenvalue weighted by Gasteiger charge is -2.27. The molecule has 0 aromatic rings. The maximum atomic E-state index is 11.9. The largest absolute Gasteiger partial charge is 0.341 e. The van der Waals surface area contributed by atoms with Gasteiger partial charge in [-0.3, -0.25) is 4.79 Å². The van der Waals surface area contributed by atoms with Gasteiger partial charge in [-0.2, -0.15) is 0 Å². The van der Waals surface area contributed by atoms with Crippen molar-refractivity contribution in [2.75, 3.05) is 34.2 Å². The third-order valence-electron chi connectivity index (χ3n) is 1.87. The molecule has 0 saturated carbocycles. The predicted octanol–water partition coefficient (Wildman–Crippen LogP) is 1.61. The number of hydrogen-bond donors (Lipinski definition) is 0. The van der Waals surface area contributed by atoms with E-state index in [1.165, 1.54) is 0 Å². The molecule has 1 amide bonds. The van der Waals surface area contributed by atoms with Crippen LogP contribution in [0.15, 0.2) is 12.2 Å². The minimum atomic E-state index is 0.0404. The third-order valence-corrected chi connectivity index (χ3v) is 1.87. The van der Waals surface area contributed by atoms with Crippen molar-refractivity contribution >= 4 is 5.91 Å². The molecule has 3 nitrogen and oxygen atoms in total. The van der Waals surface area contributed by atoms with Gasteiger partial charge in [0.2, 0.25) is 5.91 Å². The van der Waals surface area contributed by atoms with Gasteiger partial charge >= 0.3 is 0 Å². The maximum Gasteiger partial charge on any atom is 0.250 e. The topological polar surface area (TPSA) is 23.6 Å². The van der Waals surface area contributed by atoms with E-state index in [2.05, 4.69) is 27.4 Å². The summed E-state index contributed by atoms with van der Waals surface area (Å²) in [6, 6.07) is 0. The zero-order chi connectivity index (χ0) is 12.2. The molecule has 0 aromatic carbocycles. The van der Waals surface area contributed by atoms with Crippen LogP contribution in [0.3, 0.4) is 0 Å². The van der Waals surface area contributed by atoms with Crippen molar-refractivity contribution in [3.8, 4) is 0 Å². The molecule has 88 valence electrons. The Balaban J connectivity index is 4.27. The van der Waals surface area contributed by atoms with Gasteiger partial charge in [0.25, 0.3) is 0 Å². The van der Waals surface area contributed by atoms with Gasteiger partial charge in [0, 0.05) is 25.7 Å². The molecule has 15 heavy (non-hydrogen) atoms. The van der Waals surface area contributed by atoms with E-state index in [0.29, 0.717) is 12.1 Å². The highest BCUT2D eigenvalue weighted by atomic mass is 16.2. The zero-order valence-electron chi connectivity index (χ0n) is 10.9. The summed E-state index contributed by atoms with van der Waals surface area (Å²) in [6.07, 6.45) is 0. The average molecular weight is 212 g/mol. The van der Waals surface area contributed by atoms with E-state index in [1.807, 2.05) is 26.0 Å². The minimum absolute atomic E-state index is 0.0404. The first-order chi connectivity index (χ1) is 6.63. The average Bonchev–Trinajstić information content (AvgIpc) is 1.98. The molecule has 0 atom stereocenters. The lowest BCUT2D eigenvalue weighted by Crippen LogP contribution is -2.37. The summed E-state index contributed by atoms with van der Waals surface area (Å²) in [6.45, 7) is 11.5. The number of rotatable bonds is 4. The van der Waals surface area contributed by atoms with Crippen LogP contribution >= 0.6 is 0 Å². The highest BCUT2D eigenvalue weighted by Gasteiger charge is 2.19. The van der Waals surface area contributed by atoms with E-state index < -0.39 is 0 Å². The molecule has 0 aromatic heterocycles. The van der Waals surface area contributed by atoms with Gasteiger partial charge in [-0.1, -0.05) is 27.4 Å². The van der Waals surface area contributed by atoms with Crippen LogP contribution in [0.25, 0.3) is 0 Å². The molecule has 0 rings (SSSR count). The zero-order valence-corrected chi connectivity index (χ0v) is 10.9. The normalized spacial score (nSPS) is 11.7. The van der Waals surface area contributed by atoms with Gasteiger partial charge in [-0.25, -0.2) is 0 Å². The van der Waals surface area contributed by atoms with Gasteiger partial charge < -0.3 is 9.80 Å². The second kappa shape index (κ2) is 5.31. The van der Waals surface area contributed by atoms with Crippen LogP contribution in [0, 0.1) is 5.41 Å². The quantitative estimate of drug-likeness (QED) is 0.661. The van der Waals surface area contributed by atoms with Crippen molar-refractivity contribution in [1.82, 2.24) is 9.80 Å². The summed E-state index contributed by atoms with van der Waals surface area (Å²) in [4.78, 5) is 15.5. The van der Waals surface area contributed by atoms with Crippen molar-refractivity contribution in [1.29, 1.82) is 0 Å². The molecule has 0 spiro atoms. The predicted molar refractivity (Wildman–Crippen MR) is 64.8 cm³/mol. The molecule has 0 aliphatic rings. The van der Waals surface area contributed by atoms with Crippen LogP contribution in [-0.4, -0.2) is 49.9 Å². The van der Waals surface area contributed by atoms with E-state index in [4.69, 9.17) is 0 Å². The Morgan fingerprint density at radius 2 is 1.67 bits per heavy atom. The first-order valence-electron chi connectivity index (χ1n) is 5.21. The Labute approximate surface area is 93.7 Å². The number of amides is 1. The van der Waals surface area contributed by atoms with Gasteiger partial charge in [-0.15, -0.1) is 0 Å². The van der Waals surface area contributed by atoms with Crippen LogP contribution < -0.4 is 0 Å². The smallest absolute Gasteiger partial charge is 0.250 e. The molecular weight excluding hydrogens is 188 g/mol. The fourth-order valence-corrected chi connectivity index (χ4v) is 1.50. The standard InChI is InChI=1S/C12H24N2O/c1-10(8-13(5)6)11(15)14(7)9-12(2,3)4/h1,8-9H2,2-7H3. The minimum Gasteiger partial charge on any atom is -0.341 e. The second-order valence-corrected chi connectivity index (χ2v) is 5.56. The van der Waals surface area contributed by atoms with Crippen LogP contribution in [0.5, 0.6) is 0 Å². The lowest BCUT2D eigenvalue weighted by atomic mass is 9.96. The summed E-state index contributed by atoms with van der Waals surface area (Å²) in [5.74, 6) is 0.0404. The molecular formula is C12H24N2O. The Kier molecular flexibility index (Phi) is 5.01. The highest BCUT2D eigenvalue weighted by Crippen LogP contribution is 2.15. The van der Waals surface area contributed by atoms with Gasteiger partial charge in [0.15, 0.2) is 0 Å². The number of nitrogens with zero attached hydrogens (tertiary/aromatic N) is 2. The van der Waals surface area contributed by atoms with Gasteiger partial charge in [0.05, 0.1) is 0 Å². The summed E-state index contributed by atoms with van der Waals surface area (Å²) < 4.78 is 0. The van der Waals surface area contributed by atoms with Gasteiger partial charge in [0.1, 0.15) is 0 Å². The first kappa shape index (κ1) is 14.2. The van der Waals surface area contributed by atoms with Crippen molar-refractivity contribution in [2.24, 2.45) is 5.41 Å². The van der Waals surface area contributed by atoms with Gasteiger partial charge in [-0.05, 0) is 19.5 Å². The molecule has 0 saturated heterocycles. The van der Waals surface area contributed by atoms with Crippen molar-refractivity contribution in [2.45, 2.75) is 20.8 Å². The summed E-state index contributed by atoms with van der Waals surface area (Å²) in [5, 5.41) is 0. The Morgan fingerprint density at radius 1 is 1.20 bits per heavy atom. The van der Waals surface area contributed by atoms with Crippen LogP contribution in [0.4, 0.5) is 0 Å². The lowest BCUT2D eigenvalue weighted by molar-refractivity contribution is -0.127. The van der Waals surface area contributed by atoms with Crippen molar-refractivity contribution in [3.63, 3.8) is 0 Å². The molecule has 0 radical (unpaired) electrons. The molecule has 0 aliphatic heterocycles. The third kappa shape index (κ3) is 6.28. The summed E-state index contributed by atoms with van der Waals surface area (Å²) in [7, 11) is 5.69. The fourth-order valence-electron chi connectivity index (χ4n) is 1.50. The first-order valence-corrected chi connectivity index (χ1v) is 5.21. The van der Waals surface area contributed by atoms with E-state index in [9.17, 15) is 4.79 Å².